The third-order valence-corrected chi connectivity index (χ3v) is 6.18. The van der Waals surface area contributed by atoms with Crippen LogP contribution in [0.5, 0.6) is 0 Å². The van der Waals surface area contributed by atoms with Gasteiger partial charge >= 0.3 is 5.97 Å². The van der Waals surface area contributed by atoms with Gasteiger partial charge in [-0.3, -0.25) is 10.1 Å². The van der Waals surface area contributed by atoms with Crippen molar-refractivity contribution >= 4 is 29.5 Å². The number of thioether (sulfide) groups is 2. The second kappa shape index (κ2) is 3.86. The fraction of sp³-hybridized carbons (Fsp3) is 0.900. The van der Waals surface area contributed by atoms with Crippen molar-refractivity contribution < 1.29 is 9.90 Å². The van der Waals surface area contributed by atoms with Crippen LogP contribution in [0.25, 0.3) is 0 Å². The normalized spacial score (nSPS) is 39.5. The molecule has 2 fully saturated rings. The van der Waals surface area contributed by atoms with Gasteiger partial charge in [-0.25, -0.2) is 0 Å². The molecule has 2 heterocycles. The minimum Gasteiger partial charge on any atom is -0.480 e. The largest absolute Gasteiger partial charge is 0.480 e. The molecule has 2 unspecified atom stereocenters. The molecule has 2 atom stereocenters. The number of rotatable bonds is 1. The lowest BCUT2D eigenvalue weighted by molar-refractivity contribution is -0.138. The van der Waals surface area contributed by atoms with Crippen LogP contribution in [0.1, 0.15) is 20.3 Å². The zero-order valence-corrected chi connectivity index (χ0v) is 10.7. The van der Waals surface area contributed by atoms with Crippen molar-refractivity contribution in [2.75, 3.05) is 17.3 Å². The van der Waals surface area contributed by atoms with E-state index in [-0.39, 0.29) is 10.9 Å². The summed E-state index contributed by atoms with van der Waals surface area (Å²) in [6.07, 6.45) is 1.07. The summed E-state index contributed by atoms with van der Waals surface area (Å²) < 4.78 is 0. The molecule has 86 valence electrons. The van der Waals surface area contributed by atoms with E-state index in [1.54, 1.807) is 11.8 Å². The molecular weight excluding hydrogens is 230 g/mol. The Morgan fingerprint density at radius 2 is 2.20 bits per heavy atom. The summed E-state index contributed by atoms with van der Waals surface area (Å²) in [6.45, 7) is 4.52. The molecular formula is C10H17NO2S2. The highest BCUT2D eigenvalue weighted by molar-refractivity contribution is 8.04. The van der Waals surface area contributed by atoms with Gasteiger partial charge in [0.2, 0.25) is 0 Å². The van der Waals surface area contributed by atoms with E-state index in [4.69, 9.17) is 5.11 Å². The summed E-state index contributed by atoms with van der Waals surface area (Å²) in [4.78, 5) is 10.9. The average molecular weight is 247 g/mol. The Bertz CT molecular complexity index is 283. The first kappa shape index (κ1) is 11.6. The van der Waals surface area contributed by atoms with Crippen LogP contribution in [0, 0.1) is 5.41 Å². The molecule has 0 bridgehead atoms. The van der Waals surface area contributed by atoms with Crippen molar-refractivity contribution in [2.45, 2.75) is 31.2 Å². The molecule has 0 aromatic carbocycles. The van der Waals surface area contributed by atoms with Crippen molar-refractivity contribution in [2.24, 2.45) is 5.41 Å². The third-order valence-electron chi connectivity index (χ3n) is 2.85. The SMILES string of the molecule is CC1(C)CSCC2(C1)NC(C(=O)O)CS2. The molecule has 0 radical (unpaired) electrons. The molecule has 0 amide bonds. The van der Waals surface area contributed by atoms with Crippen molar-refractivity contribution in [3.05, 3.63) is 0 Å². The Morgan fingerprint density at radius 3 is 2.73 bits per heavy atom. The molecule has 2 rings (SSSR count). The Labute approximate surface area is 98.8 Å². The number of carboxylic acids is 1. The molecule has 2 aliphatic heterocycles. The molecule has 2 aliphatic rings. The van der Waals surface area contributed by atoms with Crippen molar-refractivity contribution in [3.63, 3.8) is 0 Å². The number of carboxylic acid groups (broad SMARTS) is 1. The predicted octanol–water partition coefficient (Wildman–Crippen LogP) is 1.64. The summed E-state index contributed by atoms with van der Waals surface area (Å²) in [5.74, 6) is 2.19. The molecule has 5 heteroatoms. The van der Waals surface area contributed by atoms with Crippen LogP contribution in [-0.4, -0.2) is 39.2 Å². The average Bonchev–Trinajstić information content (AvgIpc) is 2.46. The Morgan fingerprint density at radius 1 is 1.47 bits per heavy atom. The monoisotopic (exact) mass is 247 g/mol. The number of carbonyl (C=O) groups is 1. The van der Waals surface area contributed by atoms with Gasteiger partial charge in [-0.05, 0) is 17.6 Å². The van der Waals surface area contributed by atoms with Crippen LogP contribution in [0.4, 0.5) is 0 Å². The van der Waals surface area contributed by atoms with Gasteiger partial charge in [0, 0.05) is 11.5 Å². The smallest absolute Gasteiger partial charge is 0.321 e. The van der Waals surface area contributed by atoms with Crippen LogP contribution < -0.4 is 5.32 Å². The van der Waals surface area contributed by atoms with Crippen molar-refractivity contribution in [1.82, 2.24) is 5.32 Å². The second-order valence-corrected chi connectivity index (χ2v) is 7.56. The molecule has 2 saturated heterocycles. The number of aliphatic carboxylic acids is 1. The molecule has 0 aromatic rings. The topological polar surface area (TPSA) is 49.3 Å². The minimum atomic E-state index is -0.715. The van der Waals surface area contributed by atoms with E-state index in [0.717, 1.165) is 12.2 Å². The summed E-state index contributed by atoms with van der Waals surface area (Å²) in [5.41, 5.74) is 0.316. The highest BCUT2D eigenvalue weighted by atomic mass is 32.2. The zero-order valence-electron chi connectivity index (χ0n) is 9.08. The first-order chi connectivity index (χ1) is 6.93. The van der Waals surface area contributed by atoms with Gasteiger partial charge in [-0.15, -0.1) is 11.8 Å². The lowest BCUT2D eigenvalue weighted by Gasteiger charge is -2.41. The first-order valence-electron chi connectivity index (χ1n) is 5.15. The van der Waals surface area contributed by atoms with Gasteiger partial charge in [0.15, 0.2) is 0 Å². The zero-order chi connectivity index (χ0) is 11.1. The molecule has 0 saturated carbocycles. The summed E-state index contributed by atoms with van der Waals surface area (Å²) in [5, 5.41) is 12.3. The summed E-state index contributed by atoms with van der Waals surface area (Å²) >= 11 is 3.73. The fourth-order valence-corrected chi connectivity index (χ4v) is 5.61. The third kappa shape index (κ3) is 2.45. The maximum Gasteiger partial charge on any atom is 0.321 e. The maximum atomic E-state index is 10.9. The molecule has 2 N–H and O–H groups in total. The van der Waals surface area contributed by atoms with Gasteiger partial charge in [-0.2, -0.15) is 11.8 Å². The lowest BCUT2D eigenvalue weighted by atomic mass is 9.87. The number of hydrogen-bond acceptors (Lipinski definition) is 4. The highest BCUT2D eigenvalue weighted by Gasteiger charge is 2.47. The summed E-state index contributed by atoms with van der Waals surface area (Å²) in [6, 6.07) is -0.357. The minimum absolute atomic E-state index is 0.00940. The van der Waals surface area contributed by atoms with Crippen LogP contribution in [0.2, 0.25) is 0 Å². The molecule has 3 nitrogen and oxygen atoms in total. The van der Waals surface area contributed by atoms with E-state index in [0.29, 0.717) is 11.2 Å². The molecule has 0 aromatic heterocycles. The predicted molar refractivity (Wildman–Crippen MR) is 65.5 cm³/mol. The second-order valence-electron chi connectivity index (χ2n) is 5.17. The van der Waals surface area contributed by atoms with E-state index < -0.39 is 5.97 Å². The standard InChI is InChI=1S/C10H17NO2S2/c1-9(2)4-10(6-14-5-9)11-7(3-15-10)8(12)13/h7,11H,3-6H2,1-2H3,(H,12,13). The van der Waals surface area contributed by atoms with E-state index in [1.165, 1.54) is 5.75 Å². The van der Waals surface area contributed by atoms with Crippen LogP contribution >= 0.6 is 23.5 Å². The lowest BCUT2D eigenvalue weighted by Crippen LogP contribution is -2.51. The Hall–Kier alpha value is 0.130. The first-order valence-corrected chi connectivity index (χ1v) is 7.29. The molecule has 15 heavy (non-hydrogen) atoms. The van der Waals surface area contributed by atoms with Crippen LogP contribution in [0.3, 0.4) is 0 Å². The van der Waals surface area contributed by atoms with Crippen molar-refractivity contribution in [1.29, 1.82) is 0 Å². The quantitative estimate of drug-likeness (QED) is 0.737. The number of hydrogen-bond donors (Lipinski definition) is 2. The van der Waals surface area contributed by atoms with E-state index >= 15 is 0 Å². The van der Waals surface area contributed by atoms with E-state index in [1.807, 2.05) is 11.8 Å². The van der Waals surface area contributed by atoms with Crippen LogP contribution in [0.15, 0.2) is 0 Å². The Kier molecular flexibility index (Phi) is 2.99. The molecule has 0 aliphatic carbocycles. The van der Waals surface area contributed by atoms with E-state index in [2.05, 4.69) is 19.2 Å². The van der Waals surface area contributed by atoms with Gasteiger partial charge in [-0.1, -0.05) is 13.8 Å². The van der Waals surface area contributed by atoms with Gasteiger partial charge in [0.1, 0.15) is 6.04 Å². The fourth-order valence-electron chi connectivity index (χ4n) is 2.33. The van der Waals surface area contributed by atoms with Crippen molar-refractivity contribution in [3.8, 4) is 0 Å². The maximum absolute atomic E-state index is 10.9. The molecule has 1 spiro atoms. The number of nitrogens with one attached hydrogen (secondary N) is 1. The van der Waals surface area contributed by atoms with Gasteiger partial charge in [0.05, 0.1) is 4.87 Å². The van der Waals surface area contributed by atoms with Gasteiger partial charge < -0.3 is 5.11 Å². The van der Waals surface area contributed by atoms with Gasteiger partial charge in [0.25, 0.3) is 0 Å². The highest BCUT2D eigenvalue weighted by Crippen LogP contribution is 2.47. The summed E-state index contributed by atoms with van der Waals surface area (Å²) in [7, 11) is 0. The Balaban J connectivity index is 2.06. The van der Waals surface area contributed by atoms with Crippen LogP contribution in [-0.2, 0) is 4.79 Å². The van der Waals surface area contributed by atoms with E-state index in [9.17, 15) is 4.79 Å².